The number of rotatable bonds is 6. The number of nitro benzene ring substituents is 1. The van der Waals surface area contributed by atoms with Crippen LogP contribution < -0.4 is 15.0 Å². The predicted molar refractivity (Wildman–Crippen MR) is 107 cm³/mol. The van der Waals surface area contributed by atoms with Gasteiger partial charge in [-0.05, 0) is 24.3 Å². The van der Waals surface area contributed by atoms with Crippen LogP contribution >= 0.6 is 0 Å². The summed E-state index contributed by atoms with van der Waals surface area (Å²) in [6.45, 7) is 2.40. The SMILES string of the molecule is COc1ccc(C(=O)NCC(=O)N2CCN(c3ccccc3)CC2)cc1[N+](=O)[O-]. The van der Waals surface area contributed by atoms with E-state index in [0.29, 0.717) is 26.2 Å². The largest absolute Gasteiger partial charge is 0.490 e. The molecular formula is C20H22N4O5. The lowest BCUT2D eigenvalue weighted by molar-refractivity contribution is -0.385. The van der Waals surface area contributed by atoms with Gasteiger partial charge in [-0.15, -0.1) is 0 Å². The van der Waals surface area contributed by atoms with Crippen LogP contribution in [0, 0.1) is 10.1 Å². The van der Waals surface area contributed by atoms with Crippen molar-refractivity contribution in [3.63, 3.8) is 0 Å². The fourth-order valence-corrected chi connectivity index (χ4v) is 3.20. The molecule has 0 aliphatic carbocycles. The molecule has 9 nitrogen and oxygen atoms in total. The molecule has 0 bridgehead atoms. The Kier molecular flexibility index (Phi) is 6.28. The molecule has 9 heteroatoms. The third-order valence-electron chi connectivity index (χ3n) is 4.79. The maximum Gasteiger partial charge on any atom is 0.311 e. The number of anilines is 1. The third-order valence-corrected chi connectivity index (χ3v) is 4.79. The van der Waals surface area contributed by atoms with E-state index in [4.69, 9.17) is 4.74 Å². The zero-order valence-corrected chi connectivity index (χ0v) is 16.0. The number of hydrogen-bond donors (Lipinski definition) is 1. The molecule has 1 aliphatic rings. The number of carbonyl (C=O) groups is 2. The van der Waals surface area contributed by atoms with E-state index in [9.17, 15) is 19.7 Å². The van der Waals surface area contributed by atoms with Crippen molar-refractivity contribution in [3.8, 4) is 5.75 Å². The molecule has 1 N–H and O–H groups in total. The quantitative estimate of drug-likeness (QED) is 0.586. The molecule has 3 rings (SSSR count). The first kappa shape index (κ1) is 20.1. The highest BCUT2D eigenvalue weighted by Gasteiger charge is 2.22. The molecule has 0 spiro atoms. The molecule has 29 heavy (non-hydrogen) atoms. The molecule has 1 saturated heterocycles. The topological polar surface area (TPSA) is 105 Å². The van der Waals surface area contributed by atoms with E-state index >= 15 is 0 Å². The molecule has 2 aromatic carbocycles. The van der Waals surface area contributed by atoms with Crippen LogP contribution in [-0.4, -0.2) is 61.5 Å². The van der Waals surface area contributed by atoms with Crippen molar-refractivity contribution < 1.29 is 19.2 Å². The van der Waals surface area contributed by atoms with Gasteiger partial charge in [-0.2, -0.15) is 0 Å². The van der Waals surface area contributed by atoms with Crippen molar-refractivity contribution in [2.75, 3.05) is 44.7 Å². The van der Waals surface area contributed by atoms with Gasteiger partial charge in [0.25, 0.3) is 5.91 Å². The second-order valence-corrected chi connectivity index (χ2v) is 6.53. The maximum absolute atomic E-state index is 12.4. The van der Waals surface area contributed by atoms with Crippen molar-refractivity contribution in [1.82, 2.24) is 10.2 Å². The Morgan fingerprint density at radius 1 is 1.10 bits per heavy atom. The van der Waals surface area contributed by atoms with Crippen LogP contribution in [0.15, 0.2) is 48.5 Å². The van der Waals surface area contributed by atoms with Gasteiger partial charge in [-0.3, -0.25) is 19.7 Å². The maximum atomic E-state index is 12.4. The number of para-hydroxylation sites is 1. The number of nitro groups is 1. The second kappa shape index (κ2) is 9.05. The number of benzene rings is 2. The van der Waals surface area contributed by atoms with Gasteiger partial charge >= 0.3 is 5.69 Å². The molecule has 0 aromatic heterocycles. The van der Waals surface area contributed by atoms with Gasteiger partial charge in [0.05, 0.1) is 18.6 Å². The summed E-state index contributed by atoms with van der Waals surface area (Å²) in [6.07, 6.45) is 0. The highest BCUT2D eigenvalue weighted by atomic mass is 16.6. The first-order valence-electron chi connectivity index (χ1n) is 9.18. The van der Waals surface area contributed by atoms with Gasteiger partial charge in [0, 0.05) is 43.5 Å². The van der Waals surface area contributed by atoms with Gasteiger partial charge in [-0.1, -0.05) is 18.2 Å². The normalized spacial score (nSPS) is 13.7. The summed E-state index contributed by atoms with van der Waals surface area (Å²) in [5, 5.41) is 13.6. The summed E-state index contributed by atoms with van der Waals surface area (Å²) >= 11 is 0. The summed E-state index contributed by atoms with van der Waals surface area (Å²) in [7, 11) is 1.32. The van der Waals surface area contributed by atoms with E-state index in [1.54, 1.807) is 4.90 Å². The number of ether oxygens (including phenoxy) is 1. The fraction of sp³-hybridized carbons (Fsp3) is 0.300. The van der Waals surface area contributed by atoms with Crippen molar-refractivity contribution in [1.29, 1.82) is 0 Å². The summed E-state index contributed by atoms with van der Waals surface area (Å²) < 4.78 is 4.92. The van der Waals surface area contributed by atoms with Crippen LogP contribution in [0.3, 0.4) is 0 Å². The van der Waals surface area contributed by atoms with E-state index in [-0.39, 0.29) is 29.5 Å². The van der Waals surface area contributed by atoms with Gasteiger partial charge < -0.3 is 19.9 Å². The second-order valence-electron chi connectivity index (χ2n) is 6.53. The molecule has 0 radical (unpaired) electrons. The first-order chi connectivity index (χ1) is 14.0. The van der Waals surface area contributed by atoms with E-state index in [2.05, 4.69) is 10.2 Å². The van der Waals surface area contributed by atoms with Gasteiger partial charge in [0.2, 0.25) is 5.91 Å². The van der Waals surface area contributed by atoms with Gasteiger partial charge in [0.1, 0.15) is 0 Å². The minimum absolute atomic E-state index is 0.0684. The Hall–Kier alpha value is -3.62. The van der Waals surface area contributed by atoms with Crippen LogP contribution in [0.5, 0.6) is 5.75 Å². The number of hydrogen-bond acceptors (Lipinski definition) is 6. The number of amides is 2. The van der Waals surface area contributed by atoms with E-state index in [0.717, 1.165) is 11.8 Å². The Bertz CT molecular complexity index is 895. The molecule has 2 amide bonds. The third kappa shape index (κ3) is 4.81. The number of nitrogens with one attached hydrogen (secondary N) is 1. The van der Waals surface area contributed by atoms with Crippen LogP contribution in [0.25, 0.3) is 0 Å². The highest BCUT2D eigenvalue weighted by Crippen LogP contribution is 2.27. The molecule has 0 atom stereocenters. The van der Waals surface area contributed by atoms with Crippen LogP contribution in [0.2, 0.25) is 0 Å². The molecule has 0 saturated carbocycles. The molecular weight excluding hydrogens is 376 g/mol. The van der Waals surface area contributed by atoms with Crippen molar-refractivity contribution in [3.05, 3.63) is 64.2 Å². The van der Waals surface area contributed by atoms with Crippen molar-refractivity contribution in [2.24, 2.45) is 0 Å². The Balaban J connectivity index is 1.53. The number of piperazine rings is 1. The lowest BCUT2D eigenvalue weighted by atomic mass is 10.1. The zero-order chi connectivity index (χ0) is 20.8. The van der Waals surface area contributed by atoms with Crippen molar-refractivity contribution in [2.45, 2.75) is 0 Å². The molecule has 1 fully saturated rings. The van der Waals surface area contributed by atoms with Crippen LogP contribution in [-0.2, 0) is 4.79 Å². The van der Waals surface area contributed by atoms with E-state index in [1.807, 2.05) is 30.3 Å². The summed E-state index contributed by atoms with van der Waals surface area (Å²) in [5.74, 6) is -0.667. The molecule has 0 unspecified atom stereocenters. The fourth-order valence-electron chi connectivity index (χ4n) is 3.20. The first-order valence-corrected chi connectivity index (χ1v) is 9.18. The Labute approximate surface area is 168 Å². The smallest absolute Gasteiger partial charge is 0.311 e. The monoisotopic (exact) mass is 398 g/mol. The minimum atomic E-state index is -0.618. The average molecular weight is 398 g/mol. The van der Waals surface area contributed by atoms with Crippen molar-refractivity contribution >= 4 is 23.2 Å². The van der Waals surface area contributed by atoms with E-state index < -0.39 is 10.8 Å². The Morgan fingerprint density at radius 3 is 2.41 bits per heavy atom. The lowest BCUT2D eigenvalue weighted by Gasteiger charge is -2.36. The van der Waals surface area contributed by atoms with Crippen LogP contribution in [0.4, 0.5) is 11.4 Å². The van der Waals surface area contributed by atoms with Gasteiger partial charge in [0.15, 0.2) is 5.75 Å². The molecule has 1 heterocycles. The van der Waals surface area contributed by atoms with Crippen LogP contribution in [0.1, 0.15) is 10.4 Å². The highest BCUT2D eigenvalue weighted by molar-refractivity contribution is 5.97. The standard InChI is InChI=1S/C20H22N4O5/c1-29-18-8-7-15(13-17(18)24(27)28)20(26)21-14-19(25)23-11-9-22(10-12-23)16-5-3-2-4-6-16/h2-8,13H,9-12,14H2,1H3,(H,21,26). The Morgan fingerprint density at radius 2 is 1.79 bits per heavy atom. The number of carbonyl (C=O) groups excluding carboxylic acids is 2. The van der Waals surface area contributed by atoms with E-state index in [1.165, 1.54) is 19.2 Å². The molecule has 1 aliphatic heterocycles. The zero-order valence-electron chi connectivity index (χ0n) is 16.0. The lowest BCUT2D eigenvalue weighted by Crippen LogP contribution is -2.51. The molecule has 152 valence electrons. The summed E-state index contributed by atoms with van der Waals surface area (Å²) in [4.78, 5) is 39.1. The minimum Gasteiger partial charge on any atom is -0.490 e. The van der Waals surface area contributed by atoms with Gasteiger partial charge in [-0.25, -0.2) is 0 Å². The summed E-state index contributed by atoms with van der Waals surface area (Å²) in [6, 6.07) is 13.9. The average Bonchev–Trinajstić information content (AvgIpc) is 2.77. The summed E-state index contributed by atoms with van der Waals surface area (Å²) in [5.41, 5.74) is 0.914. The number of methoxy groups -OCH3 is 1. The molecule has 2 aromatic rings. The number of nitrogens with zero attached hydrogens (tertiary/aromatic N) is 3. The predicted octanol–water partition coefficient (Wildman–Crippen LogP) is 1.68.